The first-order chi connectivity index (χ1) is 12.2. The topological polar surface area (TPSA) is 12.5 Å². The second kappa shape index (κ2) is 10.8. The third kappa shape index (κ3) is 6.81. The Labute approximate surface area is 153 Å². The highest BCUT2D eigenvalue weighted by atomic mass is 16.5. The molecular weight excluding hydrogens is 306 g/mol. The van der Waals surface area contributed by atoms with E-state index in [0.717, 1.165) is 18.8 Å². The van der Waals surface area contributed by atoms with Crippen molar-refractivity contribution >= 4 is 5.69 Å². The second-order valence-corrected chi connectivity index (χ2v) is 6.87. The molecule has 0 aliphatic carbocycles. The summed E-state index contributed by atoms with van der Waals surface area (Å²) in [7, 11) is 1.72. The molecule has 0 N–H and O–H groups in total. The molecule has 25 heavy (non-hydrogen) atoms. The molecule has 2 rings (SSSR count). The van der Waals surface area contributed by atoms with E-state index in [9.17, 15) is 0 Å². The minimum atomic E-state index is 0.915. The molecule has 0 heterocycles. The van der Waals surface area contributed by atoms with E-state index in [1.54, 1.807) is 7.11 Å². The van der Waals surface area contributed by atoms with Gasteiger partial charge in [-0.3, -0.25) is 0 Å². The highest BCUT2D eigenvalue weighted by molar-refractivity contribution is 5.49. The Balaban J connectivity index is 1.98. The van der Waals surface area contributed by atoms with Crippen molar-refractivity contribution in [2.75, 3.05) is 18.6 Å². The summed E-state index contributed by atoms with van der Waals surface area (Å²) in [5, 5.41) is 0. The summed E-state index contributed by atoms with van der Waals surface area (Å²) in [6.45, 7) is 6.47. The molecule has 2 aromatic carbocycles. The number of nitrogens with zero attached hydrogens (tertiary/aromatic N) is 1. The zero-order chi connectivity index (χ0) is 17.9. The largest absolute Gasteiger partial charge is 0.497 e. The molecule has 0 radical (unpaired) electrons. The molecule has 0 atom stereocenters. The van der Waals surface area contributed by atoms with Gasteiger partial charge >= 0.3 is 0 Å². The Morgan fingerprint density at radius 2 is 1.44 bits per heavy atom. The van der Waals surface area contributed by atoms with Gasteiger partial charge in [0.25, 0.3) is 0 Å². The SMILES string of the molecule is CCCCCCCCN(Cc1ccc(C)cc1)c1ccc(OC)cc1. The first-order valence-electron chi connectivity index (χ1n) is 9.67. The fraction of sp³-hybridized carbons (Fsp3) is 0.478. The van der Waals surface area contributed by atoms with Crippen LogP contribution in [0.25, 0.3) is 0 Å². The van der Waals surface area contributed by atoms with Gasteiger partial charge in [0.2, 0.25) is 0 Å². The summed E-state index contributed by atoms with van der Waals surface area (Å²) < 4.78 is 5.30. The highest BCUT2D eigenvalue weighted by Gasteiger charge is 2.08. The molecule has 0 saturated heterocycles. The third-order valence-corrected chi connectivity index (χ3v) is 4.71. The van der Waals surface area contributed by atoms with E-state index >= 15 is 0 Å². The van der Waals surface area contributed by atoms with Crippen LogP contribution in [-0.4, -0.2) is 13.7 Å². The van der Waals surface area contributed by atoms with E-state index in [-0.39, 0.29) is 0 Å². The average molecular weight is 340 g/mol. The van der Waals surface area contributed by atoms with Crippen LogP contribution in [0.15, 0.2) is 48.5 Å². The Morgan fingerprint density at radius 1 is 0.800 bits per heavy atom. The number of aryl methyl sites for hydroxylation is 1. The zero-order valence-corrected chi connectivity index (χ0v) is 16.1. The maximum Gasteiger partial charge on any atom is 0.119 e. The lowest BCUT2D eigenvalue weighted by molar-refractivity contribution is 0.415. The van der Waals surface area contributed by atoms with Crippen molar-refractivity contribution in [2.45, 2.75) is 58.9 Å². The van der Waals surface area contributed by atoms with Crippen molar-refractivity contribution in [3.8, 4) is 5.75 Å². The number of hydrogen-bond acceptors (Lipinski definition) is 2. The molecule has 2 heteroatoms. The molecule has 2 nitrogen and oxygen atoms in total. The highest BCUT2D eigenvalue weighted by Crippen LogP contribution is 2.22. The number of methoxy groups -OCH3 is 1. The van der Waals surface area contributed by atoms with Crippen molar-refractivity contribution in [2.24, 2.45) is 0 Å². The van der Waals surface area contributed by atoms with Crippen LogP contribution in [0.3, 0.4) is 0 Å². The molecule has 2 aromatic rings. The standard InChI is InChI=1S/C23H33NO/c1-4-5-6-7-8-9-18-24(19-21-12-10-20(2)11-13-21)22-14-16-23(25-3)17-15-22/h10-17H,4-9,18-19H2,1-3H3. The summed E-state index contributed by atoms with van der Waals surface area (Å²) in [5.41, 5.74) is 3.96. The second-order valence-electron chi connectivity index (χ2n) is 6.87. The lowest BCUT2D eigenvalue weighted by atomic mass is 10.1. The van der Waals surface area contributed by atoms with Crippen molar-refractivity contribution in [1.82, 2.24) is 0 Å². The van der Waals surface area contributed by atoms with E-state index in [2.05, 4.69) is 67.3 Å². The smallest absolute Gasteiger partial charge is 0.119 e. The monoisotopic (exact) mass is 339 g/mol. The van der Waals surface area contributed by atoms with Crippen LogP contribution in [-0.2, 0) is 6.54 Å². The molecular formula is C23H33NO. The minimum absolute atomic E-state index is 0.915. The number of benzene rings is 2. The van der Waals surface area contributed by atoms with Crippen LogP contribution in [0.2, 0.25) is 0 Å². The molecule has 0 unspecified atom stereocenters. The number of rotatable bonds is 11. The molecule has 0 aliphatic rings. The van der Waals surface area contributed by atoms with Gasteiger partial charge in [0, 0.05) is 18.8 Å². The summed E-state index contributed by atoms with van der Waals surface area (Å²) in [5.74, 6) is 0.915. The molecule has 0 amide bonds. The van der Waals surface area contributed by atoms with E-state index in [1.165, 1.54) is 55.3 Å². The molecule has 0 fully saturated rings. The molecule has 136 valence electrons. The zero-order valence-electron chi connectivity index (χ0n) is 16.1. The predicted octanol–water partition coefficient (Wildman–Crippen LogP) is 6.37. The van der Waals surface area contributed by atoms with Gasteiger partial charge in [-0.2, -0.15) is 0 Å². The molecule has 0 saturated carbocycles. The van der Waals surface area contributed by atoms with Crippen LogP contribution < -0.4 is 9.64 Å². The summed E-state index contributed by atoms with van der Waals surface area (Å²) in [6.07, 6.45) is 7.98. The first-order valence-corrected chi connectivity index (χ1v) is 9.67. The Bertz CT molecular complexity index is 588. The quantitative estimate of drug-likeness (QED) is 0.441. The van der Waals surface area contributed by atoms with Gasteiger partial charge in [-0.05, 0) is 43.2 Å². The lowest BCUT2D eigenvalue weighted by Gasteiger charge is -2.25. The van der Waals surface area contributed by atoms with E-state index in [1.807, 2.05) is 0 Å². The maximum atomic E-state index is 5.30. The Hall–Kier alpha value is -1.96. The lowest BCUT2D eigenvalue weighted by Crippen LogP contribution is -2.23. The minimum Gasteiger partial charge on any atom is -0.497 e. The van der Waals surface area contributed by atoms with Crippen LogP contribution >= 0.6 is 0 Å². The van der Waals surface area contributed by atoms with Crippen molar-refractivity contribution < 1.29 is 4.74 Å². The van der Waals surface area contributed by atoms with E-state index < -0.39 is 0 Å². The van der Waals surface area contributed by atoms with Gasteiger partial charge in [-0.1, -0.05) is 68.9 Å². The molecule has 0 aromatic heterocycles. The number of hydrogen-bond donors (Lipinski definition) is 0. The third-order valence-electron chi connectivity index (χ3n) is 4.71. The van der Waals surface area contributed by atoms with Gasteiger partial charge in [-0.25, -0.2) is 0 Å². The van der Waals surface area contributed by atoms with Gasteiger partial charge in [0.05, 0.1) is 7.11 Å². The maximum absolute atomic E-state index is 5.30. The van der Waals surface area contributed by atoms with Gasteiger partial charge in [-0.15, -0.1) is 0 Å². The van der Waals surface area contributed by atoms with Crippen molar-refractivity contribution in [3.63, 3.8) is 0 Å². The average Bonchev–Trinajstić information content (AvgIpc) is 2.65. The summed E-state index contributed by atoms with van der Waals surface area (Å²) in [4.78, 5) is 2.49. The van der Waals surface area contributed by atoms with E-state index in [0.29, 0.717) is 0 Å². The van der Waals surface area contributed by atoms with Crippen LogP contribution in [0.5, 0.6) is 5.75 Å². The molecule has 0 aliphatic heterocycles. The van der Waals surface area contributed by atoms with Gasteiger partial charge in [0.15, 0.2) is 0 Å². The number of ether oxygens (including phenoxy) is 1. The molecule has 0 spiro atoms. The Kier molecular flexibility index (Phi) is 8.38. The van der Waals surface area contributed by atoms with Crippen molar-refractivity contribution in [3.05, 3.63) is 59.7 Å². The summed E-state index contributed by atoms with van der Waals surface area (Å²) >= 11 is 0. The van der Waals surface area contributed by atoms with Crippen LogP contribution in [0.4, 0.5) is 5.69 Å². The number of unbranched alkanes of at least 4 members (excludes halogenated alkanes) is 5. The first kappa shape index (κ1) is 19.4. The van der Waals surface area contributed by atoms with Crippen LogP contribution in [0, 0.1) is 6.92 Å². The van der Waals surface area contributed by atoms with Crippen LogP contribution in [0.1, 0.15) is 56.6 Å². The van der Waals surface area contributed by atoms with Crippen molar-refractivity contribution in [1.29, 1.82) is 0 Å². The summed E-state index contributed by atoms with van der Waals surface area (Å²) in [6, 6.07) is 17.3. The van der Waals surface area contributed by atoms with Gasteiger partial charge in [0.1, 0.15) is 5.75 Å². The van der Waals surface area contributed by atoms with Gasteiger partial charge < -0.3 is 9.64 Å². The fourth-order valence-corrected chi connectivity index (χ4v) is 3.09. The normalized spacial score (nSPS) is 10.7. The predicted molar refractivity (Wildman–Crippen MR) is 109 cm³/mol. The molecule has 0 bridgehead atoms. The Morgan fingerprint density at radius 3 is 2.08 bits per heavy atom. The fourth-order valence-electron chi connectivity index (χ4n) is 3.09. The van der Waals surface area contributed by atoms with E-state index in [4.69, 9.17) is 4.74 Å². The number of anilines is 1.